The van der Waals surface area contributed by atoms with Crippen LogP contribution in [0.15, 0.2) is 23.2 Å². The number of hydrogen-bond donors (Lipinski definition) is 2. The van der Waals surface area contributed by atoms with Crippen LogP contribution in [0.3, 0.4) is 0 Å². The van der Waals surface area contributed by atoms with Crippen LogP contribution in [-0.4, -0.2) is 16.9 Å². The first-order valence-electron chi connectivity index (χ1n) is 7.67. The van der Waals surface area contributed by atoms with E-state index in [9.17, 15) is 23.3 Å². The van der Waals surface area contributed by atoms with E-state index >= 15 is 0 Å². The molecule has 1 aromatic carbocycles. The van der Waals surface area contributed by atoms with E-state index in [1.165, 1.54) is 6.42 Å². The van der Waals surface area contributed by atoms with Gasteiger partial charge in [0.2, 0.25) is 0 Å². The van der Waals surface area contributed by atoms with Gasteiger partial charge in [-0.05, 0) is 24.5 Å². The van der Waals surface area contributed by atoms with Gasteiger partial charge in [0, 0.05) is 18.2 Å². The average Bonchev–Trinajstić information content (AvgIpc) is 2.53. The van der Waals surface area contributed by atoms with Gasteiger partial charge in [-0.15, -0.1) is 0 Å². The first-order valence-corrected chi connectivity index (χ1v) is 7.67. The lowest BCUT2D eigenvalue weighted by atomic mass is 9.96. The molecule has 1 aromatic rings. The zero-order valence-corrected chi connectivity index (χ0v) is 13.0. The number of rotatable bonds is 4. The predicted molar refractivity (Wildman–Crippen MR) is 83.4 cm³/mol. The van der Waals surface area contributed by atoms with E-state index in [1.807, 2.05) is 0 Å². The number of nitro benzene ring substituents is 1. The molecule has 132 valence electrons. The molecule has 2 rings (SSSR count). The smallest absolute Gasteiger partial charge is 0.370 e. The van der Waals surface area contributed by atoms with Gasteiger partial charge in [-0.1, -0.05) is 19.3 Å². The lowest BCUT2D eigenvalue weighted by Crippen LogP contribution is -2.41. The summed E-state index contributed by atoms with van der Waals surface area (Å²) in [7, 11) is 0. The fourth-order valence-electron chi connectivity index (χ4n) is 2.71. The normalized spacial score (nSPS) is 16.9. The molecule has 1 fully saturated rings. The number of benzene rings is 1. The molecule has 0 heterocycles. The molecule has 0 unspecified atom stereocenters. The first kappa shape index (κ1) is 18.0. The third-order valence-electron chi connectivity index (χ3n) is 3.90. The van der Waals surface area contributed by atoms with Gasteiger partial charge in [0.1, 0.15) is 0 Å². The Kier molecular flexibility index (Phi) is 5.63. The summed E-state index contributed by atoms with van der Waals surface area (Å²) in [6, 6.07) is 2.66. The molecule has 0 radical (unpaired) electrons. The average molecular weight is 344 g/mol. The van der Waals surface area contributed by atoms with Crippen molar-refractivity contribution in [2.24, 2.45) is 10.7 Å². The molecule has 6 nitrogen and oxygen atoms in total. The number of nitrogens with zero attached hydrogens (tertiary/aromatic N) is 2. The quantitative estimate of drug-likeness (QED) is 0.379. The number of alkyl halides is 3. The van der Waals surface area contributed by atoms with Crippen molar-refractivity contribution in [3.8, 4) is 0 Å². The zero-order chi connectivity index (χ0) is 17.7. The molecule has 0 atom stereocenters. The molecule has 0 saturated heterocycles. The number of nitrogens with one attached hydrogen (secondary N) is 1. The number of halogens is 3. The highest BCUT2D eigenvalue weighted by atomic mass is 19.4. The van der Waals surface area contributed by atoms with Gasteiger partial charge in [-0.2, -0.15) is 13.2 Å². The molecule has 24 heavy (non-hydrogen) atoms. The summed E-state index contributed by atoms with van der Waals surface area (Å²) in [5, 5.41) is 13.8. The highest BCUT2D eigenvalue weighted by Crippen LogP contribution is 2.32. The van der Waals surface area contributed by atoms with Crippen molar-refractivity contribution in [2.45, 2.75) is 50.9 Å². The summed E-state index contributed by atoms with van der Waals surface area (Å²) in [4.78, 5) is 13.9. The second kappa shape index (κ2) is 7.50. The molecule has 1 aliphatic carbocycles. The second-order valence-corrected chi connectivity index (χ2v) is 5.82. The van der Waals surface area contributed by atoms with Gasteiger partial charge in [-0.25, -0.2) is 4.99 Å². The van der Waals surface area contributed by atoms with Gasteiger partial charge in [0.15, 0.2) is 5.96 Å². The Morgan fingerprint density at radius 2 is 1.96 bits per heavy atom. The Morgan fingerprint density at radius 1 is 1.29 bits per heavy atom. The second-order valence-electron chi connectivity index (χ2n) is 5.82. The van der Waals surface area contributed by atoms with Crippen LogP contribution in [0.4, 0.5) is 18.9 Å². The lowest BCUT2D eigenvalue weighted by Gasteiger charge is -2.23. The van der Waals surface area contributed by atoms with E-state index in [1.54, 1.807) is 0 Å². The lowest BCUT2D eigenvalue weighted by molar-refractivity contribution is -0.385. The Balaban J connectivity index is 2.11. The monoisotopic (exact) mass is 344 g/mol. The maximum absolute atomic E-state index is 12.8. The largest absolute Gasteiger partial charge is 0.416 e. The van der Waals surface area contributed by atoms with Crippen molar-refractivity contribution in [3.05, 3.63) is 39.4 Å². The van der Waals surface area contributed by atoms with Crippen molar-refractivity contribution in [1.29, 1.82) is 0 Å². The van der Waals surface area contributed by atoms with E-state index in [0.717, 1.165) is 37.8 Å². The number of hydrogen-bond acceptors (Lipinski definition) is 3. The van der Waals surface area contributed by atoms with E-state index in [4.69, 9.17) is 5.73 Å². The van der Waals surface area contributed by atoms with Crippen LogP contribution >= 0.6 is 0 Å². The summed E-state index contributed by atoms with van der Waals surface area (Å²) in [6.07, 6.45) is 0.686. The van der Waals surface area contributed by atoms with Crippen molar-refractivity contribution in [1.82, 2.24) is 5.32 Å². The molecule has 1 saturated carbocycles. The molecule has 9 heteroatoms. The molecular formula is C15H19F3N4O2. The number of guanidine groups is 1. The third kappa shape index (κ3) is 5.10. The van der Waals surface area contributed by atoms with Gasteiger partial charge in [0.05, 0.1) is 17.0 Å². The number of aliphatic imine (C=N–C) groups is 1. The molecule has 0 aliphatic heterocycles. The standard InChI is InChI=1S/C15H19F3N4O2/c16-15(17,18)11-6-10(7-13(8-11)22(23)24)9-20-14(19)21-12-4-2-1-3-5-12/h6-8,12H,1-5,9H2,(H3,19,20,21). The fraction of sp³-hybridized carbons (Fsp3) is 0.533. The number of nitro groups is 1. The van der Waals surface area contributed by atoms with Crippen LogP contribution in [0.2, 0.25) is 0 Å². The first-order chi connectivity index (χ1) is 11.3. The molecule has 0 aromatic heterocycles. The van der Waals surface area contributed by atoms with Gasteiger partial charge < -0.3 is 11.1 Å². The van der Waals surface area contributed by atoms with Crippen LogP contribution in [0.1, 0.15) is 43.2 Å². The van der Waals surface area contributed by atoms with Crippen molar-refractivity contribution in [3.63, 3.8) is 0 Å². The van der Waals surface area contributed by atoms with Crippen molar-refractivity contribution in [2.75, 3.05) is 0 Å². The highest BCUT2D eigenvalue weighted by Gasteiger charge is 2.32. The van der Waals surface area contributed by atoms with Crippen molar-refractivity contribution >= 4 is 11.6 Å². The molecule has 3 N–H and O–H groups in total. The predicted octanol–water partition coefficient (Wildman–Crippen LogP) is 3.35. The van der Waals surface area contributed by atoms with Crippen LogP contribution in [0.25, 0.3) is 0 Å². The van der Waals surface area contributed by atoms with Crippen LogP contribution in [-0.2, 0) is 12.7 Å². The Bertz CT molecular complexity index is 626. The SMILES string of the molecule is NC(=NCc1cc([N+](=O)[O-])cc(C(F)(F)F)c1)NC1CCCCC1. The number of non-ortho nitro benzene ring substituents is 1. The summed E-state index contributed by atoms with van der Waals surface area (Å²) < 4.78 is 38.5. The number of nitrogens with two attached hydrogens (primary N) is 1. The van der Waals surface area contributed by atoms with E-state index < -0.39 is 22.4 Å². The van der Waals surface area contributed by atoms with E-state index in [2.05, 4.69) is 10.3 Å². The van der Waals surface area contributed by atoms with Gasteiger partial charge >= 0.3 is 6.18 Å². The van der Waals surface area contributed by atoms with Gasteiger partial charge in [0.25, 0.3) is 5.69 Å². The van der Waals surface area contributed by atoms with Crippen LogP contribution < -0.4 is 11.1 Å². The summed E-state index contributed by atoms with van der Waals surface area (Å²) >= 11 is 0. The van der Waals surface area contributed by atoms with E-state index in [0.29, 0.717) is 6.07 Å². The van der Waals surface area contributed by atoms with Crippen LogP contribution in [0, 0.1) is 10.1 Å². The molecule has 0 amide bonds. The summed E-state index contributed by atoms with van der Waals surface area (Å²) in [5.41, 5.74) is 4.16. The van der Waals surface area contributed by atoms with Crippen molar-refractivity contribution < 1.29 is 18.1 Å². The molecular weight excluding hydrogens is 325 g/mol. The summed E-state index contributed by atoms with van der Waals surface area (Å²) in [5.74, 6) is 0.141. The van der Waals surface area contributed by atoms with Gasteiger partial charge in [-0.3, -0.25) is 10.1 Å². The summed E-state index contributed by atoms with van der Waals surface area (Å²) in [6.45, 7) is -0.156. The third-order valence-corrected chi connectivity index (χ3v) is 3.90. The maximum atomic E-state index is 12.8. The zero-order valence-electron chi connectivity index (χ0n) is 13.0. The highest BCUT2D eigenvalue weighted by molar-refractivity contribution is 5.78. The molecule has 0 bridgehead atoms. The molecule has 1 aliphatic rings. The maximum Gasteiger partial charge on any atom is 0.416 e. The van der Waals surface area contributed by atoms with Crippen LogP contribution in [0.5, 0.6) is 0 Å². The molecule has 0 spiro atoms. The minimum absolute atomic E-state index is 0.0879. The fourth-order valence-corrected chi connectivity index (χ4v) is 2.71. The minimum atomic E-state index is -4.66. The van der Waals surface area contributed by atoms with E-state index in [-0.39, 0.29) is 24.1 Å². The minimum Gasteiger partial charge on any atom is -0.370 e. The Hall–Kier alpha value is -2.32. The topological polar surface area (TPSA) is 93.5 Å². The Labute approximate surface area is 137 Å². The Morgan fingerprint density at radius 3 is 2.54 bits per heavy atom.